The molecule has 2 heterocycles. The van der Waals surface area contributed by atoms with Crippen molar-refractivity contribution in [3.8, 4) is 0 Å². The Bertz CT molecular complexity index is 523. The first-order chi connectivity index (χ1) is 6.89. The van der Waals surface area contributed by atoms with Crippen molar-refractivity contribution in [2.75, 3.05) is 0 Å². The van der Waals surface area contributed by atoms with E-state index in [1.165, 1.54) is 0 Å². The first kappa shape index (κ1) is 10.6. The van der Waals surface area contributed by atoms with E-state index < -0.39 is 12.0 Å². The van der Waals surface area contributed by atoms with Crippen LogP contribution in [-0.2, 0) is 6.18 Å². The highest BCUT2D eigenvalue weighted by Gasteiger charge is 2.36. The molecule has 0 aromatic carbocycles. The summed E-state index contributed by atoms with van der Waals surface area (Å²) in [6.07, 6.45) is -4.64. The van der Waals surface area contributed by atoms with E-state index in [9.17, 15) is 13.2 Å². The lowest BCUT2D eigenvalue weighted by Crippen LogP contribution is -2.11. The zero-order valence-electron chi connectivity index (χ0n) is 6.73. The minimum absolute atomic E-state index is 0.130. The average Bonchev–Trinajstić information content (AvgIpc) is 2.46. The lowest BCUT2D eigenvalue weighted by molar-refractivity contribution is -0.144. The predicted octanol–water partition coefficient (Wildman–Crippen LogP) is 2.79. The van der Waals surface area contributed by atoms with E-state index in [-0.39, 0.29) is 16.2 Å². The Kier molecular flexibility index (Phi) is 2.34. The summed E-state index contributed by atoms with van der Waals surface area (Å²) in [5.74, 6) is -1.31. The highest BCUT2D eigenvalue weighted by Crippen LogP contribution is 2.31. The fourth-order valence-corrected chi connectivity index (χ4v) is 1.80. The summed E-state index contributed by atoms with van der Waals surface area (Å²) >= 11 is 8.60. The number of H-pyrrole nitrogens is 1. The summed E-state index contributed by atoms with van der Waals surface area (Å²) in [5.41, 5.74) is -0.130. The third-order valence-electron chi connectivity index (χ3n) is 1.58. The topological polar surface area (TPSA) is 54.5 Å². The molecule has 0 aliphatic carbocycles. The number of aromatic nitrogens is 4. The van der Waals surface area contributed by atoms with Crippen LogP contribution in [-0.4, -0.2) is 20.2 Å². The molecule has 2 rings (SSSR count). The van der Waals surface area contributed by atoms with Crippen LogP contribution in [0.5, 0.6) is 0 Å². The molecule has 0 bridgehead atoms. The van der Waals surface area contributed by atoms with E-state index in [0.29, 0.717) is 4.60 Å². The van der Waals surface area contributed by atoms with Gasteiger partial charge in [-0.3, -0.25) is 5.10 Å². The Morgan fingerprint density at radius 1 is 1.27 bits per heavy atom. The number of nitrogens with zero attached hydrogens (tertiary/aromatic N) is 3. The number of alkyl halides is 3. The minimum atomic E-state index is -4.64. The molecule has 2 aromatic rings. The summed E-state index contributed by atoms with van der Waals surface area (Å²) in [5, 5.41) is 5.88. The van der Waals surface area contributed by atoms with E-state index in [0.717, 1.165) is 0 Å². The second-order valence-electron chi connectivity index (χ2n) is 2.57. The summed E-state index contributed by atoms with van der Waals surface area (Å²) in [7, 11) is 0. The zero-order chi connectivity index (χ0) is 11.2. The van der Waals surface area contributed by atoms with E-state index in [2.05, 4.69) is 36.1 Å². The minimum Gasteiger partial charge on any atom is -0.268 e. The van der Waals surface area contributed by atoms with Gasteiger partial charge in [-0.15, -0.1) is 0 Å². The van der Waals surface area contributed by atoms with Crippen molar-refractivity contribution in [2.24, 2.45) is 0 Å². The van der Waals surface area contributed by atoms with Crippen molar-refractivity contribution < 1.29 is 13.2 Å². The molecule has 0 aliphatic rings. The van der Waals surface area contributed by atoms with Gasteiger partial charge in [-0.2, -0.15) is 18.3 Å². The molecule has 80 valence electrons. The van der Waals surface area contributed by atoms with Gasteiger partial charge in [0.2, 0.25) is 5.82 Å². The second kappa shape index (κ2) is 3.31. The number of nitrogens with one attached hydrogen (secondary N) is 1. The van der Waals surface area contributed by atoms with Gasteiger partial charge in [-0.25, -0.2) is 9.97 Å². The number of halogens is 5. The summed E-state index contributed by atoms with van der Waals surface area (Å²) in [6.45, 7) is 0. The normalized spacial score (nSPS) is 12.3. The van der Waals surface area contributed by atoms with Gasteiger partial charge in [-0.1, -0.05) is 11.6 Å². The monoisotopic (exact) mass is 300 g/mol. The third-order valence-corrected chi connectivity index (χ3v) is 2.43. The largest absolute Gasteiger partial charge is 0.451 e. The molecule has 0 fully saturated rings. The Morgan fingerprint density at radius 2 is 1.93 bits per heavy atom. The molecular weight excluding hydrogens is 300 g/mol. The Morgan fingerprint density at radius 3 is 2.53 bits per heavy atom. The maximum absolute atomic E-state index is 12.3. The smallest absolute Gasteiger partial charge is 0.268 e. The highest BCUT2D eigenvalue weighted by atomic mass is 79.9. The zero-order valence-corrected chi connectivity index (χ0v) is 9.07. The Balaban J connectivity index is 2.74. The van der Waals surface area contributed by atoms with E-state index in [4.69, 9.17) is 11.6 Å². The maximum atomic E-state index is 12.3. The van der Waals surface area contributed by atoms with Gasteiger partial charge in [0.15, 0.2) is 5.65 Å². The Hall–Kier alpha value is -0.890. The van der Waals surface area contributed by atoms with Gasteiger partial charge in [-0.05, 0) is 15.9 Å². The van der Waals surface area contributed by atoms with Crippen LogP contribution in [0.3, 0.4) is 0 Å². The van der Waals surface area contributed by atoms with Gasteiger partial charge >= 0.3 is 6.18 Å². The van der Waals surface area contributed by atoms with Gasteiger partial charge < -0.3 is 0 Å². The van der Waals surface area contributed by atoms with Crippen LogP contribution in [0.15, 0.2) is 4.60 Å². The summed E-state index contributed by atoms with van der Waals surface area (Å²) < 4.78 is 37.2. The van der Waals surface area contributed by atoms with Crippen molar-refractivity contribution in [3.05, 3.63) is 15.6 Å². The van der Waals surface area contributed by atoms with Crippen molar-refractivity contribution in [3.63, 3.8) is 0 Å². The maximum Gasteiger partial charge on any atom is 0.451 e. The average molecular weight is 301 g/mol. The fourth-order valence-electron chi connectivity index (χ4n) is 0.977. The molecule has 0 saturated heterocycles. The SMILES string of the molecule is FC(F)(F)c1nc(Cl)c2c(Br)[nH]nc2n1. The van der Waals surface area contributed by atoms with Crippen molar-refractivity contribution in [2.45, 2.75) is 6.18 Å². The number of hydrogen-bond donors (Lipinski definition) is 1. The lowest BCUT2D eigenvalue weighted by atomic mass is 10.4. The van der Waals surface area contributed by atoms with Crippen LogP contribution in [0.2, 0.25) is 5.15 Å². The van der Waals surface area contributed by atoms with Crippen LogP contribution >= 0.6 is 27.5 Å². The number of rotatable bonds is 0. The van der Waals surface area contributed by atoms with Gasteiger partial charge in [0, 0.05) is 0 Å². The molecule has 1 N–H and O–H groups in total. The van der Waals surface area contributed by atoms with Crippen LogP contribution in [0, 0.1) is 0 Å². The fraction of sp³-hybridized carbons (Fsp3) is 0.167. The molecule has 0 atom stereocenters. The molecular formula is C6HBrClF3N4. The van der Waals surface area contributed by atoms with Crippen LogP contribution in [0.4, 0.5) is 13.2 Å². The lowest BCUT2D eigenvalue weighted by Gasteiger charge is -2.04. The van der Waals surface area contributed by atoms with Crippen LogP contribution < -0.4 is 0 Å². The van der Waals surface area contributed by atoms with E-state index in [1.54, 1.807) is 0 Å². The first-order valence-corrected chi connectivity index (χ1v) is 4.71. The van der Waals surface area contributed by atoms with Gasteiger partial charge in [0.05, 0.1) is 5.39 Å². The Labute approximate surface area is 94.0 Å². The van der Waals surface area contributed by atoms with Gasteiger partial charge in [0.25, 0.3) is 0 Å². The summed E-state index contributed by atoms with van der Waals surface area (Å²) in [6, 6.07) is 0. The molecule has 15 heavy (non-hydrogen) atoms. The van der Waals surface area contributed by atoms with E-state index >= 15 is 0 Å². The van der Waals surface area contributed by atoms with Crippen molar-refractivity contribution in [1.29, 1.82) is 0 Å². The second-order valence-corrected chi connectivity index (χ2v) is 3.72. The standard InChI is InChI=1S/C6HBrClF3N4/c7-2-1-3(8)12-5(6(9,10)11)13-4(1)15-14-2/h(H,12,13,14,15). The summed E-state index contributed by atoms with van der Waals surface area (Å²) in [4.78, 5) is 6.38. The molecule has 9 heteroatoms. The predicted molar refractivity (Wildman–Crippen MR) is 49.4 cm³/mol. The molecule has 0 aliphatic heterocycles. The van der Waals surface area contributed by atoms with E-state index in [1.807, 2.05) is 0 Å². The number of fused-ring (bicyclic) bond motifs is 1. The molecule has 0 saturated carbocycles. The molecule has 0 spiro atoms. The van der Waals surface area contributed by atoms with Crippen LogP contribution in [0.25, 0.3) is 11.0 Å². The van der Waals surface area contributed by atoms with Crippen molar-refractivity contribution >= 4 is 38.6 Å². The molecule has 2 aromatic heterocycles. The van der Waals surface area contributed by atoms with Gasteiger partial charge in [0.1, 0.15) is 9.76 Å². The highest BCUT2D eigenvalue weighted by molar-refractivity contribution is 9.10. The number of aromatic amines is 1. The first-order valence-electron chi connectivity index (χ1n) is 3.54. The molecule has 0 unspecified atom stereocenters. The molecule has 0 radical (unpaired) electrons. The number of hydrogen-bond acceptors (Lipinski definition) is 3. The molecule has 4 nitrogen and oxygen atoms in total. The third kappa shape index (κ3) is 1.78. The van der Waals surface area contributed by atoms with Crippen LogP contribution in [0.1, 0.15) is 5.82 Å². The quantitative estimate of drug-likeness (QED) is 0.761. The molecule has 0 amide bonds. The van der Waals surface area contributed by atoms with Crippen molar-refractivity contribution in [1.82, 2.24) is 20.2 Å².